The standard InChI is InChI=1S/C16H27N5O2/c1-20-5-7-21(8-6-20)15-9-13(3-4-18-15)12-19-16(22)10-14(11-17)23-2/h3-4,9,14H,5-8,10-12,17H2,1-2H3,(H,19,22). The summed E-state index contributed by atoms with van der Waals surface area (Å²) in [4.78, 5) is 20.9. The van der Waals surface area contributed by atoms with Gasteiger partial charge in [0.1, 0.15) is 5.82 Å². The van der Waals surface area contributed by atoms with Crippen LogP contribution in [0.2, 0.25) is 0 Å². The van der Waals surface area contributed by atoms with Gasteiger partial charge in [-0.15, -0.1) is 0 Å². The fourth-order valence-electron chi connectivity index (χ4n) is 2.52. The fourth-order valence-corrected chi connectivity index (χ4v) is 2.52. The highest BCUT2D eigenvalue weighted by Gasteiger charge is 2.16. The molecule has 0 spiro atoms. The molecule has 1 aliphatic heterocycles. The van der Waals surface area contributed by atoms with Gasteiger partial charge in [-0.05, 0) is 24.7 Å². The number of piperazine rings is 1. The Morgan fingerprint density at radius 1 is 1.43 bits per heavy atom. The number of carbonyl (C=O) groups excluding carboxylic acids is 1. The molecule has 7 heteroatoms. The molecule has 0 aromatic carbocycles. The zero-order valence-electron chi connectivity index (χ0n) is 14.0. The smallest absolute Gasteiger partial charge is 0.222 e. The molecule has 1 saturated heterocycles. The third kappa shape index (κ3) is 5.46. The SMILES string of the molecule is COC(CN)CC(=O)NCc1ccnc(N2CCN(C)CC2)c1. The van der Waals surface area contributed by atoms with Gasteiger partial charge in [0, 0.05) is 52.6 Å². The first-order chi connectivity index (χ1) is 11.1. The number of pyridine rings is 1. The Morgan fingerprint density at radius 2 is 2.17 bits per heavy atom. The minimum Gasteiger partial charge on any atom is -0.380 e. The lowest BCUT2D eigenvalue weighted by Gasteiger charge is -2.33. The van der Waals surface area contributed by atoms with Crippen molar-refractivity contribution in [2.75, 3.05) is 51.8 Å². The van der Waals surface area contributed by atoms with E-state index in [1.54, 1.807) is 13.3 Å². The molecule has 0 aliphatic carbocycles. The predicted molar refractivity (Wildman–Crippen MR) is 90.3 cm³/mol. The third-order valence-electron chi connectivity index (χ3n) is 4.14. The summed E-state index contributed by atoms with van der Waals surface area (Å²) in [5.74, 6) is 0.918. The van der Waals surface area contributed by atoms with Crippen molar-refractivity contribution in [2.24, 2.45) is 5.73 Å². The summed E-state index contributed by atoms with van der Waals surface area (Å²) in [7, 11) is 3.70. The maximum Gasteiger partial charge on any atom is 0.222 e. The lowest BCUT2D eigenvalue weighted by molar-refractivity contribution is -0.123. The number of aromatic nitrogens is 1. The van der Waals surface area contributed by atoms with Crippen molar-refractivity contribution >= 4 is 11.7 Å². The Hall–Kier alpha value is -1.70. The molecule has 1 aliphatic rings. The quantitative estimate of drug-likeness (QED) is 0.724. The van der Waals surface area contributed by atoms with Crippen LogP contribution in [0.25, 0.3) is 0 Å². The molecule has 128 valence electrons. The number of amides is 1. The molecule has 1 fully saturated rings. The number of ether oxygens (including phenoxy) is 1. The highest BCUT2D eigenvalue weighted by atomic mass is 16.5. The minimum atomic E-state index is -0.228. The number of nitrogens with one attached hydrogen (secondary N) is 1. The number of anilines is 1. The lowest BCUT2D eigenvalue weighted by Crippen LogP contribution is -2.44. The Morgan fingerprint density at radius 3 is 2.83 bits per heavy atom. The Balaban J connectivity index is 1.86. The van der Waals surface area contributed by atoms with Crippen molar-refractivity contribution in [3.8, 4) is 0 Å². The molecule has 0 saturated carbocycles. The van der Waals surface area contributed by atoms with Crippen LogP contribution in [0.5, 0.6) is 0 Å². The van der Waals surface area contributed by atoms with Crippen molar-refractivity contribution in [1.82, 2.24) is 15.2 Å². The van der Waals surface area contributed by atoms with E-state index in [9.17, 15) is 4.79 Å². The van der Waals surface area contributed by atoms with E-state index in [1.807, 2.05) is 12.1 Å². The number of rotatable bonds is 7. The molecule has 1 aromatic heterocycles. The van der Waals surface area contributed by atoms with Crippen molar-refractivity contribution in [1.29, 1.82) is 0 Å². The summed E-state index contributed by atoms with van der Waals surface area (Å²) in [6, 6.07) is 3.97. The Bertz CT molecular complexity index is 499. The van der Waals surface area contributed by atoms with Crippen LogP contribution in [0.3, 0.4) is 0 Å². The van der Waals surface area contributed by atoms with Crippen LogP contribution < -0.4 is 16.0 Å². The summed E-state index contributed by atoms with van der Waals surface area (Å²) in [6.45, 7) is 4.87. The van der Waals surface area contributed by atoms with Crippen LogP contribution in [0, 0.1) is 0 Å². The first-order valence-electron chi connectivity index (χ1n) is 8.00. The average molecular weight is 321 g/mol. The van der Waals surface area contributed by atoms with Gasteiger partial charge >= 0.3 is 0 Å². The molecule has 0 bridgehead atoms. The van der Waals surface area contributed by atoms with E-state index in [0.29, 0.717) is 13.1 Å². The minimum absolute atomic E-state index is 0.0553. The van der Waals surface area contributed by atoms with Crippen molar-refractivity contribution < 1.29 is 9.53 Å². The molecule has 0 radical (unpaired) electrons. The molecule has 1 unspecified atom stereocenters. The average Bonchev–Trinajstić information content (AvgIpc) is 2.58. The van der Waals surface area contributed by atoms with Gasteiger partial charge in [0.15, 0.2) is 0 Å². The normalized spacial score (nSPS) is 17.1. The summed E-state index contributed by atoms with van der Waals surface area (Å²) in [6.07, 6.45) is 1.85. The van der Waals surface area contributed by atoms with Crippen LogP contribution in [-0.2, 0) is 16.1 Å². The summed E-state index contributed by atoms with van der Waals surface area (Å²) in [5.41, 5.74) is 6.57. The second-order valence-electron chi connectivity index (χ2n) is 5.89. The largest absolute Gasteiger partial charge is 0.380 e. The van der Waals surface area contributed by atoms with Crippen LogP contribution in [-0.4, -0.2) is 68.8 Å². The van der Waals surface area contributed by atoms with Gasteiger partial charge in [0.2, 0.25) is 5.91 Å². The lowest BCUT2D eigenvalue weighted by atomic mass is 10.2. The maximum atomic E-state index is 11.9. The number of hydrogen-bond donors (Lipinski definition) is 2. The predicted octanol–water partition coefficient (Wildman–Crippen LogP) is -0.187. The fraction of sp³-hybridized carbons (Fsp3) is 0.625. The zero-order valence-corrected chi connectivity index (χ0v) is 14.0. The molecular formula is C16H27N5O2. The van der Waals surface area contributed by atoms with Gasteiger partial charge in [-0.3, -0.25) is 4.79 Å². The number of likely N-dealkylation sites (N-methyl/N-ethyl adjacent to an activating group) is 1. The first kappa shape index (κ1) is 17.7. The highest BCUT2D eigenvalue weighted by Crippen LogP contribution is 2.14. The summed E-state index contributed by atoms with van der Waals surface area (Å²) in [5, 5.41) is 2.91. The van der Waals surface area contributed by atoms with Crippen LogP contribution in [0.1, 0.15) is 12.0 Å². The molecule has 2 heterocycles. The third-order valence-corrected chi connectivity index (χ3v) is 4.14. The first-order valence-corrected chi connectivity index (χ1v) is 8.00. The molecule has 23 heavy (non-hydrogen) atoms. The van der Waals surface area contributed by atoms with E-state index >= 15 is 0 Å². The van der Waals surface area contributed by atoms with Gasteiger partial charge in [0.25, 0.3) is 0 Å². The van der Waals surface area contributed by atoms with E-state index in [2.05, 4.69) is 27.1 Å². The Kier molecular flexibility index (Phi) is 6.76. The molecular weight excluding hydrogens is 294 g/mol. The Labute approximate surface area is 137 Å². The van der Waals surface area contributed by atoms with E-state index in [1.165, 1.54) is 0 Å². The van der Waals surface area contributed by atoms with Crippen molar-refractivity contribution in [3.05, 3.63) is 23.9 Å². The second-order valence-corrected chi connectivity index (χ2v) is 5.89. The highest BCUT2D eigenvalue weighted by molar-refractivity contribution is 5.76. The van der Waals surface area contributed by atoms with Crippen LogP contribution in [0.15, 0.2) is 18.3 Å². The van der Waals surface area contributed by atoms with Crippen molar-refractivity contribution in [3.63, 3.8) is 0 Å². The number of carbonyl (C=O) groups is 1. The van der Waals surface area contributed by atoms with Gasteiger partial charge in [0.05, 0.1) is 12.5 Å². The maximum absolute atomic E-state index is 11.9. The van der Waals surface area contributed by atoms with Crippen LogP contribution >= 0.6 is 0 Å². The molecule has 3 N–H and O–H groups in total. The van der Waals surface area contributed by atoms with Crippen LogP contribution in [0.4, 0.5) is 5.82 Å². The number of methoxy groups -OCH3 is 1. The zero-order chi connectivity index (χ0) is 16.7. The van der Waals surface area contributed by atoms with Gasteiger partial charge in [-0.25, -0.2) is 4.98 Å². The topological polar surface area (TPSA) is 83.7 Å². The molecule has 1 atom stereocenters. The van der Waals surface area contributed by atoms with Gasteiger partial charge in [-0.2, -0.15) is 0 Å². The number of nitrogens with two attached hydrogens (primary N) is 1. The monoisotopic (exact) mass is 321 g/mol. The van der Waals surface area contributed by atoms with Gasteiger partial charge < -0.3 is 25.6 Å². The van der Waals surface area contributed by atoms with Crippen molar-refractivity contribution in [2.45, 2.75) is 19.1 Å². The van der Waals surface area contributed by atoms with E-state index in [0.717, 1.165) is 37.6 Å². The molecule has 1 amide bonds. The summed E-state index contributed by atoms with van der Waals surface area (Å²) >= 11 is 0. The second kappa shape index (κ2) is 8.81. The van der Waals surface area contributed by atoms with Gasteiger partial charge in [-0.1, -0.05) is 0 Å². The van der Waals surface area contributed by atoms with E-state index in [4.69, 9.17) is 10.5 Å². The van der Waals surface area contributed by atoms with E-state index < -0.39 is 0 Å². The molecule has 2 rings (SSSR count). The van der Waals surface area contributed by atoms with E-state index in [-0.39, 0.29) is 18.4 Å². The number of nitrogens with zero attached hydrogens (tertiary/aromatic N) is 3. The number of hydrogen-bond acceptors (Lipinski definition) is 6. The molecule has 1 aromatic rings. The molecule has 7 nitrogen and oxygen atoms in total. The summed E-state index contributed by atoms with van der Waals surface area (Å²) < 4.78 is 5.12.